The summed E-state index contributed by atoms with van der Waals surface area (Å²) in [7, 11) is 0. The van der Waals surface area contributed by atoms with Crippen LogP contribution in [0.15, 0.2) is 52.3 Å². The summed E-state index contributed by atoms with van der Waals surface area (Å²) in [6.45, 7) is 0.0333. The first-order valence-electron chi connectivity index (χ1n) is 5.31. The number of nitrogens with zero attached hydrogens (tertiary/aromatic N) is 1. The van der Waals surface area contributed by atoms with Gasteiger partial charge in [-0.25, -0.2) is 0 Å². The Labute approximate surface area is 115 Å². The minimum absolute atomic E-state index is 0.0333. The maximum absolute atomic E-state index is 9.08. The van der Waals surface area contributed by atoms with E-state index in [1.54, 1.807) is 6.07 Å². The lowest BCUT2D eigenvalue weighted by atomic mass is 10.2. The van der Waals surface area contributed by atoms with Gasteiger partial charge in [0, 0.05) is 9.79 Å². The minimum Gasteiger partial charge on any atom is -0.392 e. The molecule has 1 N–H and O–H groups in total. The largest absolute Gasteiger partial charge is 0.392 e. The van der Waals surface area contributed by atoms with Crippen LogP contribution < -0.4 is 0 Å². The average Bonchev–Trinajstić information content (AvgIpc) is 2.40. The number of aliphatic hydroxyl groups excluding tert-OH is 1. The Morgan fingerprint density at radius 3 is 2.50 bits per heavy atom. The summed E-state index contributed by atoms with van der Waals surface area (Å²) >= 11 is 7.46. The molecule has 0 saturated heterocycles. The first kappa shape index (κ1) is 13.0. The maximum Gasteiger partial charge on any atom is 0.102 e. The second-order valence-corrected chi connectivity index (χ2v) is 5.15. The van der Waals surface area contributed by atoms with E-state index < -0.39 is 0 Å². The molecule has 0 aliphatic heterocycles. The molecule has 0 atom stereocenters. The molecule has 90 valence electrons. The maximum atomic E-state index is 9.08. The van der Waals surface area contributed by atoms with E-state index in [-0.39, 0.29) is 6.61 Å². The van der Waals surface area contributed by atoms with Gasteiger partial charge >= 0.3 is 0 Å². The van der Waals surface area contributed by atoms with Gasteiger partial charge in [-0.05, 0) is 29.8 Å². The molecule has 0 saturated carbocycles. The Hall–Kier alpha value is -1.47. The summed E-state index contributed by atoms with van der Waals surface area (Å²) in [5.74, 6) is 0. The molecule has 0 amide bonds. The van der Waals surface area contributed by atoms with Crippen molar-refractivity contribution in [3.05, 3.63) is 58.6 Å². The third-order valence-corrected chi connectivity index (χ3v) is 3.80. The lowest BCUT2D eigenvalue weighted by Crippen LogP contribution is -1.84. The van der Waals surface area contributed by atoms with Gasteiger partial charge in [0.05, 0.1) is 17.2 Å². The van der Waals surface area contributed by atoms with Crippen LogP contribution in [0.3, 0.4) is 0 Å². The molecule has 0 fully saturated rings. The van der Waals surface area contributed by atoms with Crippen LogP contribution >= 0.6 is 23.4 Å². The van der Waals surface area contributed by atoms with Crippen molar-refractivity contribution in [3.63, 3.8) is 0 Å². The van der Waals surface area contributed by atoms with E-state index in [2.05, 4.69) is 6.07 Å². The predicted octanol–water partition coefficient (Wildman–Crippen LogP) is 3.86. The van der Waals surface area contributed by atoms with Crippen LogP contribution in [0.5, 0.6) is 0 Å². The molecule has 2 rings (SSSR count). The fourth-order valence-electron chi connectivity index (χ4n) is 1.49. The molecule has 0 aliphatic rings. The molecule has 0 unspecified atom stereocenters. The van der Waals surface area contributed by atoms with E-state index in [0.717, 1.165) is 15.4 Å². The first-order valence-corrected chi connectivity index (χ1v) is 6.50. The van der Waals surface area contributed by atoms with Crippen LogP contribution in [-0.2, 0) is 6.61 Å². The molecule has 2 aromatic rings. The van der Waals surface area contributed by atoms with Crippen molar-refractivity contribution >= 4 is 23.4 Å². The number of benzene rings is 2. The van der Waals surface area contributed by atoms with Crippen molar-refractivity contribution in [2.45, 2.75) is 16.4 Å². The fourth-order valence-corrected chi connectivity index (χ4v) is 2.69. The second kappa shape index (κ2) is 5.92. The van der Waals surface area contributed by atoms with Gasteiger partial charge in [-0.3, -0.25) is 0 Å². The molecule has 2 aromatic carbocycles. The molecule has 0 aliphatic carbocycles. The van der Waals surface area contributed by atoms with Gasteiger partial charge in [0.15, 0.2) is 0 Å². The van der Waals surface area contributed by atoms with Crippen molar-refractivity contribution in [2.24, 2.45) is 0 Å². The zero-order valence-corrected chi connectivity index (χ0v) is 11.0. The molecule has 2 nitrogen and oxygen atoms in total. The van der Waals surface area contributed by atoms with Crippen LogP contribution in [0.1, 0.15) is 11.1 Å². The van der Waals surface area contributed by atoms with Gasteiger partial charge in [0.1, 0.15) is 6.07 Å². The van der Waals surface area contributed by atoms with Crippen molar-refractivity contribution < 1.29 is 5.11 Å². The van der Waals surface area contributed by atoms with E-state index in [0.29, 0.717) is 10.6 Å². The second-order valence-electron chi connectivity index (χ2n) is 3.63. The Morgan fingerprint density at radius 1 is 1.17 bits per heavy atom. The van der Waals surface area contributed by atoms with Crippen LogP contribution in [0, 0.1) is 11.3 Å². The minimum atomic E-state index is 0.0333. The van der Waals surface area contributed by atoms with E-state index in [4.69, 9.17) is 22.0 Å². The molecule has 0 aromatic heterocycles. The van der Waals surface area contributed by atoms with Crippen LogP contribution in [0.4, 0.5) is 0 Å². The Kier molecular flexibility index (Phi) is 4.27. The summed E-state index contributed by atoms with van der Waals surface area (Å²) in [5.41, 5.74) is 1.36. The van der Waals surface area contributed by atoms with Gasteiger partial charge in [-0.2, -0.15) is 5.26 Å². The average molecular weight is 276 g/mol. The van der Waals surface area contributed by atoms with Crippen molar-refractivity contribution in [2.75, 3.05) is 0 Å². The molecule has 0 bridgehead atoms. The Bertz CT molecular complexity index is 590. The van der Waals surface area contributed by atoms with Gasteiger partial charge in [0.2, 0.25) is 0 Å². The van der Waals surface area contributed by atoms with Gasteiger partial charge in [0.25, 0.3) is 0 Å². The number of aliphatic hydroxyl groups is 1. The monoisotopic (exact) mass is 275 g/mol. The van der Waals surface area contributed by atoms with Crippen molar-refractivity contribution in [3.8, 4) is 6.07 Å². The lowest BCUT2D eigenvalue weighted by molar-refractivity contribution is 0.282. The molecule has 18 heavy (non-hydrogen) atoms. The highest BCUT2D eigenvalue weighted by atomic mass is 35.5. The quantitative estimate of drug-likeness (QED) is 0.925. The molecule has 0 radical (unpaired) electrons. The van der Waals surface area contributed by atoms with Crippen molar-refractivity contribution in [1.29, 1.82) is 5.26 Å². The van der Waals surface area contributed by atoms with E-state index in [1.165, 1.54) is 11.8 Å². The van der Waals surface area contributed by atoms with Gasteiger partial charge in [-0.1, -0.05) is 41.6 Å². The van der Waals surface area contributed by atoms with Crippen LogP contribution in [-0.4, -0.2) is 5.11 Å². The smallest absolute Gasteiger partial charge is 0.102 e. The highest BCUT2D eigenvalue weighted by molar-refractivity contribution is 7.99. The summed E-state index contributed by atoms with van der Waals surface area (Å²) in [4.78, 5) is 1.84. The standard InChI is InChI=1S/C14H10ClNOS/c15-13-2-1-3-14(12(13)8-16)18-11-6-4-10(9-17)5-7-11/h1-7,17H,9H2. The van der Waals surface area contributed by atoms with Crippen molar-refractivity contribution in [1.82, 2.24) is 0 Å². The summed E-state index contributed by atoms with van der Waals surface area (Å²) in [5, 5.41) is 18.5. The van der Waals surface area contributed by atoms with Gasteiger partial charge in [-0.15, -0.1) is 0 Å². The third-order valence-electron chi connectivity index (χ3n) is 2.42. The zero-order valence-electron chi connectivity index (χ0n) is 9.43. The molecular formula is C14H10ClNOS. The van der Waals surface area contributed by atoms with Gasteiger partial charge < -0.3 is 5.11 Å². The summed E-state index contributed by atoms with van der Waals surface area (Å²) in [6, 6.07) is 15.1. The molecule has 0 spiro atoms. The highest BCUT2D eigenvalue weighted by Crippen LogP contribution is 2.33. The summed E-state index contributed by atoms with van der Waals surface area (Å²) in [6.07, 6.45) is 0. The summed E-state index contributed by atoms with van der Waals surface area (Å²) < 4.78 is 0. The predicted molar refractivity (Wildman–Crippen MR) is 72.7 cm³/mol. The molecular weight excluding hydrogens is 266 g/mol. The van der Waals surface area contributed by atoms with Crippen LogP contribution in [0.25, 0.3) is 0 Å². The number of nitriles is 1. The Morgan fingerprint density at radius 2 is 1.89 bits per heavy atom. The van der Waals surface area contributed by atoms with E-state index >= 15 is 0 Å². The Balaban J connectivity index is 2.28. The van der Waals surface area contributed by atoms with Crippen LogP contribution in [0.2, 0.25) is 5.02 Å². The molecule has 4 heteroatoms. The lowest BCUT2D eigenvalue weighted by Gasteiger charge is -2.05. The van der Waals surface area contributed by atoms with E-state index in [1.807, 2.05) is 36.4 Å². The number of halogens is 1. The number of hydrogen-bond acceptors (Lipinski definition) is 3. The first-order chi connectivity index (χ1) is 8.74. The normalized spacial score (nSPS) is 10.1. The topological polar surface area (TPSA) is 44.0 Å². The number of hydrogen-bond donors (Lipinski definition) is 1. The fraction of sp³-hybridized carbons (Fsp3) is 0.0714. The SMILES string of the molecule is N#Cc1c(Cl)cccc1Sc1ccc(CO)cc1. The third kappa shape index (κ3) is 2.85. The van der Waals surface area contributed by atoms with E-state index in [9.17, 15) is 0 Å². The zero-order chi connectivity index (χ0) is 13.0. The highest BCUT2D eigenvalue weighted by Gasteiger charge is 2.07. The number of rotatable bonds is 3. The molecule has 0 heterocycles.